The summed E-state index contributed by atoms with van der Waals surface area (Å²) in [5, 5.41) is 7.41. The van der Waals surface area contributed by atoms with E-state index in [2.05, 4.69) is 15.5 Å². The summed E-state index contributed by atoms with van der Waals surface area (Å²) < 4.78 is 10.8. The molecule has 0 radical (unpaired) electrons. The van der Waals surface area contributed by atoms with Gasteiger partial charge in [-0.05, 0) is 24.6 Å². The molecule has 0 saturated carbocycles. The Morgan fingerprint density at radius 1 is 1.27 bits per heavy atom. The SMILES string of the molecule is CCOc1cc(C=NNc2nc(-c3ccccc3)cs2)cc(Cl)c1OC. The highest BCUT2D eigenvalue weighted by molar-refractivity contribution is 7.14. The van der Waals surface area contributed by atoms with Crippen LogP contribution in [0.5, 0.6) is 11.5 Å². The number of hydrazone groups is 1. The fourth-order valence-corrected chi connectivity index (χ4v) is 3.32. The second-order valence-corrected chi connectivity index (χ2v) is 6.51. The number of aromatic nitrogens is 1. The van der Waals surface area contributed by atoms with Gasteiger partial charge >= 0.3 is 0 Å². The van der Waals surface area contributed by atoms with Crippen molar-refractivity contribution in [3.8, 4) is 22.8 Å². The molecule has 0 bridgehead atoms. The minimum absolute atomic E-state index is 0.473. The molecule has 1 heterocycles. The van der Waals surface area contributed by atoms with E-state index in [4.69, 9.17) is 21.1 Å². The lowest BCUT2D eigenvalue weighted by Crippen LogP contribution is -1.98. The molecule has 1 aromatic heterocycles. The summed E-state index contributed by atoms with van der Waals surface area (Å²) in [4.78, 5) is 4.53. The van der Waals surface area contributed by atoms with Gasteiger partial charge in [0.2, 0.25) is 5.13 Å². The number of thiazole rings is 1. The van der Waals surface area contributed by atoms with Gasteiger partial charge in [-0.25, -0.2) is 4.98 Å². The average molecular weight is 388 g/mol. The van der Waals surface area contributed by atoms with E-state index in [0.29, 0.717) is 28.3 Å². The van der Waals surface area contributed by atoms with Crippen LogP contribution in [0.15, 0.2) is 52.9 Å². The first-order chi connectivity index (χ1) is 12.7. The average Bonchev–Trinajstić information content (AvgIpc) is 3.12. The van der Waals surface area contributed by atoms with Crippen LogP contribution >= 0.6 is 22.9 Å². The van der Waals surface area contributed by atoms with E-state index in [1.165, 1.54) is 11.3 Å². The molecule has 0 spiro atoms. The molecular weight excluding hydrogens is 370 g/mol. The van der Waals surface area contributed by atoms with Crippen molar-refractivity contribution in [2.75, 3.05) is 19.1 Å². The number of anilines is 1. The molecule has 0 aliphatic carbocycles. The summed E-state index contributed by atoms with van der Waals surface area (Å²) in [6, 6.07) is 13.6. The van der Waals surface area contributed by atoms with Crippen molar-refractivity contribution in [2.45, 2.75) is 6.92 Å². The molecule has 0 atom stereocenters. The quantitative estimate of drug-likeness (QED) is 0.440. The summed E-state index contributed by atoms with van der Waals surface area (Å²) in [7, 11) is 1.56. The third-order valence-corrected chi connectivity index (χ3v) is 4.51. The van der Waals surface area contributed by atoms with Gasteiger partial charge in [0.1, 0.15) is 0 Å². The van der Waals surface area contributed by atoms with Gasteiger partial charge in [0.05, 0.1) is 30.6 Å². The maximum atomic E-state index is 6.24. The Kier molecular flexibility index (Phi) is 6.09. The molecule has 0 unspecified atom stereocenters. The Bertz CT molecular complexity index is 897. The largest absolute Gasteiger partial charge is 0.491 e. The molecule has 2 aromatic carbocycles. The molecule has 0 aliphatic rings. The zero-order valence-electron chi connectivity index (χ0n) is 14.4. The second-order valence-electron chi connectivity index (χ2n) is 5.24. The van der Waals surface area contributed by atoms with Crippen molar-refractivity contribution in [3.63, 3.8) is 0 Å². The van der Waals surface area contributed by atoms with Crippen LogP contribution in [0.25, 0.3) is 11.3 Å². The van der Waals surface area contributed by atoms with Crippen molar-refractivity contribution in [1.82, 2.24) is 4.98 Å². The number of halogens is 1. The van der Waals surface area contributed by atoms with Gasteiger partial charge < -0.3 is 9.47 Å². The smallest absolute Gasteiger partial charge is 0.203 e. The fraction of sp³-hybridized carbons (Fsp3) is 0.158. The monoisotopic (exact) mass is 387 g/mol. The lowest BCUT2D eigenvalue weighted by molar-refractivity contribution is 0.311. The van der Waals surface area contributed by atoms with Crippen LogP contribution in [0.3, 0.4) is 0 Å². The van der Waals surface area contributed by atoms with E-state index in [1.54, 1.807) is 19.4 Å². The Morgan fingerprint density at radius 2 is 2.08 bits per heavy atom. The first kappa shape index (κ1) is 18.2. The summed E-state index contributed by atoms with van der Waals surface area (Å²) in [5.74, 6) is 1.11. The van der Waals surface area contributed by atoms with Crippen molar-refractivity contribution in [3.05, 3.63) is 58.4 Å². The van der Waals surface area contributed by atoms with Crippen molar-refractivity contribution in [1.29, 1.82) is 0 Å². The van der Waals surface area contributed by atoms with E-state index in [1.807, 2.05) is 48.7 Å². The summed E-state index contributed by atoms with van der Waals surface area (Å²) in [6.07, 6.45) is 1.66. The Balaban J connectivity index is 1.72. The summed E-state index contributed by atoms with van der Waals surface area (Å²) in [5.41, 5.74) is 5.73. The highest BCUT2D eigenvalue weighted by Crippen LogP contribution is 2.36. The molecule has 0 saturated heterocycles. The molecule has 7 heteroatoms. The summed E-state index contributed by atoms with van der Waals surface area (Å²) in [6.45, 7) is 2.43. The van der Waals surface area contributed by atoms with Crippen molar-refractivity contribution >= 4 is 34.3 Å². The fourth-order valence-electron chi connectivity index (χ4n) is 2.35. The van der Waals surface area contributed by atoms with Crippen LogP contribution in [-0.2, 0) is 0 Å². The normalized spacial score (nSPS) is 10.9. The second kappa shape index (κ2) is 8.69. The number of nitrogens with zero attached hydrogens (tertiary/aromatic N) is 2. The van der Waals surface area contributed by atoms with Gasteiger partial charge in [-0.15, -0.1) is 11.3 Å². The maximum absolute atomic E-state index is 6.24. The van der Waals surface area contributed by atoms with Crippen LogP contribution < -0.4 is 14.9 Å². The van der Waals surface area contributed by atoms with Gasteiger partial charge in [0.25, 0.3) is 0 Å². The van der Waals surface area contributed by atoms with Crippen molar-refractivity contribution in [2.24, 2.45) is 5.10 Å². The first-order valence-corrected chi connectivity index (χ1v) is 9.27. The molecule has 3 rings (SSSR count). The number of rotatable bonds is 7. The van der Waals surface area contributed by atoms with E-state index in [9.17, 15) is 0 Å². The van der Waals surface area contributed by atoms with Gasteiger partial charge in [0, 0.05) is 10.9 Å². The van der Waals surface area contributed by atoms with Crippen molar-refractivity contribution < 1.29 is 9.47 Å². The van der Waals surface area contributed by atoms with Crippen LogP contribution in [0.4, 0.5) is 5.13 Å². The molecule has 0 amide bonds. The Labute approximate surface area is 161 Å². The minimum Gasteiger partial charge on any atom is -0.491 e. The summed E-state index contributed by atoms with van der Waals surface area (Å²) >= 11 is 7.73. The molecule has 1 N–H and O–H groups in total. The third kappa shape index (κ3) is 4.33. The lowest BCUT2D eigenvalue weighted by atomic mass is 10.2. The number of hydrogen-bond acceptors (Lipinski definition) is 6. The highest BCUT2D eigenvalue weighted by Gasteiger charge is 2.10. The number of hydrogen-bond donors (Lipinski definition) is 1. The number of nitrogens with one attached hydrogen (secondary N) is 1. The van der Waals surface area contributed by atoms with Gasteiger partial charge in [-0.3, -0.25) is 5.43 Å². The van der Waals surface area contributed by atoms with Gasteiger partial charge in [0.15, 0.2) is 11.5 Å². The highest BCUT2D eigenvalue weighted by atomic mass is 35.5. The first-order valence-electron chi connectivity index (χ1n) is 8.01. The predicted molar refractivity (Wildman–Crippen MR) is 108 cm³/mol. The van der Waals surface area contributed by atoms with Crippen LogP contribution in [0.1, 0.15) is 12.5 Å². The van der Waals surface area contributed by atoms with Crippen LogP contribution in [-0.4, -0.2) is 24.9 Å². The minimum atomic E-state index is 0.473. The zero-order chi connectivity index (χ0) is 18.4. The molecule has 5 nitrogen and oxygen atoms in total. The Morgan fingerprint density at radius 3 is 2.81 bits per heavy atom. The number of ether oxygens (including phenoxy) is 2. The predicted octanol–water partition coefficient (Wildman–Crippen LogP) is 5.32. The topological polar surface area (TPSA) is 55.7 Å². The van der Waals surface area contributed by atoms with E-state index in [0.717, 1.165) is 16.8 Å². The van der Waals surface area contributed by atoms with Crippen LogP contribution in [0.2, 0.25) is 5.02 Å². The lowest BCUT2D eigenvalue weighted by Gasteiger charge is -2.11. The van der Waals surface area contributed by atoms with E-state index >= 15 is 0 Å². The molecule has 26 heavy (non-hydrogen) atoms. The number of methoxy groups -OCH3 is 1. The van der Waals surface area contributed by atoms with Crippen LogP contribution in [0, 0.1) is 0 Å². The molecule has 0 fully saturated rings. The zero-order valence-corrected chi connectivity index (χ0v) is 16.0. The Hall–Kier alpha value is -2.57. The standard InChI is InChI=1S/C19H18ClN3O2S/c1-3-25-17-10-13(9-15(20)18(17)24-2)11-21-23-19-22-16(12-26-19)14-7-5-4-6-8-14/h4-12H,3H2,1-2H3,(H,22,23). The molecule has 3 aromatic rings. The third-order valence-electron chi connectivity index (χ3n) is 3.48. The molecule has 0 aliphatic heterocycles. The maximum Gasteiger partial charge on any atom is 0.203 e. The van der Waals surface area contributed by atoms with Gasteiger partial charge in [-0.2, -0.15) is 5.10 Å². The van der Waals surface area contributed by atoms with E-state index in [-0.39, 0.29) is 0 Å². The molecule has 134 valence electrons. The van der Waals surface area contributed by atoms with E-state index < -0.39 is 0 Å². The molecular formula is C19H18ClN3O2S. The van der Waals surface area contributed by atoms with Gasteiger partial charge in [-0.1, -0.05) is 41.9 Å². The number of benzene rings is 2.